The van der Waals surface area contributed by atoms with Crippen LogP contribution in [0.3, 0.4) is 0 Å². The second-order valence-electron chi connectivity index (χ2n) is 4.51. The van der Waals surface area contributed by atoms with Crippen molar-refractivity contribution in [3.05, 3.63) is 28.3 Å². The number of halogens is 1. The van der Waals surface area contributed by atoms with Gasteiger partial charge in [0.2, 0.25) is 10.0 Å². The first-order valence-electron chi connectivity index (χ1n) is 6.34. The molecule has 1 aromatic carbocycles. The fraction of sp³-hybridized carbons (Fsp3) is 0.462. The molecule has 0 unspecified atom stereocenters. The molecule has 112 valence electrons. The number of hydrogen-bond donors (Lipinski definition) is 1. The van der Waals surface area contributed by atoms with Gasteiger partial charge in [0.25, 0.3) is 5.91 Å². The minimum absolute atomic E-state index is 0.110. The van der Waals surface area contributed by atoms with Gasteiger partial charge in [-0.05, 0) is 38.0 Å². The Morgan fingerprint density at radius 2 is 1.95 bits per heavy atom. The van der Waals surface area contributed by atoms with Crippen LogP contribution in [-0.4, -0.2) is 32.3 Å². The summed E-state index contributed by atoms with van der Waals surface area (Å²) in [5.41, 5.74) is 0.605. The summed E-state index contributed by atoms with van der Waals surface area (Å²) in [5, 5.41) is 5.33. The minimum atomic E-state index is -3.91. The third kappa shape index (κ3) is 3.71. The summed E-state index contributed by atoms with van der Waals surface area (Å²) in [6, 6.07) is 2.74. The van der Waals surface area contributed by atoms with E-state index in [0.29, 0.717) is 18.7 Å². The first-order chi connectivity index (χ1) is 9.22. The predicted molar refractivity (Wildman–Crippen MR) is 79.4 cm³/mol. The van der Waals surface area contributed by atoms with E-state index < -0.39 is 10.0 Å². The Morgan fingerprint density at radius 3 is 2.40 bits per heavy atom. The number of primary sulfonamides is 1. The number of nitrogens with zero attached hydrogens (tertiary/aromatic N) is 1. The first kappa shape index (κ1) is 16.9. The van der Waals surface area contributed by atoms with E-state index >= 15 is 0 Å². The molecule has 0 heterocycles. The predicted octanol–water partition coefficient (Wildman–Crippen LogP) is 2.17. The summed E-state index contributed by atoms with van der Waals surface area (Å²) < 4.78 is 23.1. The molecule has 20 heavy (non-hydrogen) atoms. The Morgan fingerprint density at radius 1 is 1.35 bits per heavy atom. The van der Waals surface area contributed by atoms with Crippen molar-refractivity contribution in [2.24, 2.45) is 5.14 Å². The van der Waals surface area contributed by atoms with Gasteiger partial charge in [-0.3, -0.25) is 4.79 Å². The van der Waals surface area contributed by atoms with Crippen LogP contribution in [0.25, 0.3) is 0 Å². The summed E-state index contributed by atoms with van der Waals surface area (Å²) in [7, 11) is -3.91. The highest BCUT2D eigenvalue weighted by molar-refractivity contribution is 7.89. The molecule has 7 heteroatoms. The number of benzene rings is 1. The van der Waals surface area contributed by atoms with E-state index in [9.17, 15) is 13.2 Å². The number of sulfonamides is 1. The fourth-order valence-electron chi connectivity index (χ4n) is 2.02. The van der Waals surface area contributed by atoms with Gasteiger partial charge in [0.15, 0.2) is 0 Å². The number of hydrogen-bond acceptors (Lipinski definition) is 3. The van der Waals surface area contributed by atoms with E-state index in [4.69, 9.17) is 16.7 Å². The van der Waals surface area contributed by atoms with E-state index in [1.165, 1.54) is 12.1 Å². The quantitative estimate of drug-likeness (QED) is 0.903. The molecule has 0 atom stereocenters. The van der Waals surface area contributed by atoms with Crippen molar-refractivity contribution >= 4 is 27.5 Å². The highest BCUT2D eigenvalue weighted by Crippen LogP contribution is 2.24. The maximum atomic E-state index is 12.4. The lowest BCUT2D eigenvalue weighted by atomic mass is 10.1. The van der Waals surface area contributed by atoms with Gasteiger partial charge in [-0.15, -0.1) is 0 Å². The van der Waals surface area contributed by atoms with Crippen LogP contribution in [0.4, 0.5) is 0 Å². The van der Waals surface area contributed by atoms with Crippen molar-refractivity contribution in [1.29, 1.82) is 0 Å². The third-order valence-corrected chi connectivity index (χ3v) is 4.28. The molecule has 5 nitrogen and oxygen atoms in total. The van der Waals surface area contributed by atoms with Crippen molar-refractivity contribution < 1.29 is 13.2 Å². The molecular formula is C13H19ClN2O3S. The Hall–Kier alpha value is -1.11. The summed E-state index contributed by atoms with van der Waals surface area (Å²) in [5.74, 6) is -0.237. The van der Waals surface area contributed by atoms with Crippen LogP contribution in [0.5, 0.6) is 0 Å². The van der Waals surface area contributed by atoms with Crippen molar-refractivity contribution in [2.75, 3.05) is 13.1 Å². The molecule has 0 saturated heterocycles. The maximum Gasteiger partial charge on any atom is 0.254 e. The summed E-state index contributed by atoms with van der Waals surface area (Å²) in [6.07, 6.45) is 0.821. The molecule has 1 amide bonds. The molecule has 0 aliphatic rings. The Balaban J connectivity index is 3.39. The molecular weight excluding hydrogens is 300 g/mol. The van der Waals surface area contributed by atoms with E-state index in [0.717, 1.165) is 6.42 Å². The van der Waals surface area contributed by atoms with Gasteiger partial charge < -0.3 is 4.90 Å². The van der Waals surface area contributed by atoms with Crippen LogP contribution in [0.2, 0.25) is 5.02 Å². The highest BCUT2D eigenvalue weighted by Gasteiger charge is 2.22. The lowest BCUT2D eigenvalue weighted by molar-refractivity contribution is 0.0763. The van der Waals surface area contributed by atoms with Crippen molar-refractivity contribution in [3.63, 3.8) is 0 Å². The monoisotopic (exact) mass is 318 g/mol. The van der Waals surface area contributed by atoms with E-state index in [1.54, 1.807) is 11.8 Å². The van der Waals surface area contributed by atoms with E-state index in [-0.39, 0.29) is 21.4 Å². The molecule has 0 spiro atoms. The second-order valence-corrected chi connectivity index (χ2v) is 6.47. The fourth-order valence-corrected chi connectivity index (χ4v) is 3.13. The molecule has 0 bridgehead atoms. The minimum Gasteiger partial charge on any atom is -0.339 e. The second kappa shape index (κ2) is 6.56. The Kier molecular flexibility index (Phi) is 5.56. The van der Waals surface area contributed by atoms with Crippen LogP contribution < -0.4 is 5.14 Å². The van der Waals surface area contributed by atoms with E-state index in [2.05, 4.69) is 0 Å². The first-order valence-corrected chi connectivity index (χ1v) is 8.27. The molecule has 2 N–H and O–H groups in total. The topological polar surface area (TPSA) is 80.5 Å². The standard InChI is InChI=1S/C13H19ClN2O3S/c1-4-6-16(5-2)13(17)11-7-10(14)8-12(9(11)3)20(15,18)19/h7-8H,4-6H2,1-3H3,(H2,15,18,19). The highest BCUT2D eigenvalue weighted by atomic mass is 35.5. The number of nitrogens with two attached hydrogens (primary N) is 1. The van der Waals surface area contributed by atoms with Gasteiger partial charge in [0.1, 0.15) is 0 Å². The van der Waals surface area contributed by atoms with Crippen LogP contribution in [-0.2, 0) is 10.0 Å². The normalized spacial score (nSPS) is 11.4. The average molecular weight is 319 g/mol. The Bertz CT molecular complexity index is 614. The summed E-state index contributed by atoms with van der Waals surface area (Å²) >= 11 is 5.91. The summed E-state index contributed by atoms with van der Waals surface area (Å²) in [6.45, 7) is 6.54. The van der Waals surface area contributed by atoms with Crippen LogP contribution >= 0.6 is 11.6 Å². The largest absolute Gasteiger partial charge is 0.339 e. The maximum absolute atomic E-state index is 12.4. The van der Waals surface area contributed by atoms with Gasteiger partial charge in [0.05, 0.1) is 4.90 Å². The number of carbonyl (C=O) groups is 1. The number of amides is 1. The van der Waals surface area contributed by atoms with Gasteiger partial charge in [-0.25, -0.2) is 13.6 Å². The lowest BCUT2D eigenvalue weighted by Gasteiger charge is -2.22. The molecule has 0 radical (unpaired) electrons. The zero-order chi connectivity index (χ0) is 15.5. The van der Waals surface area contributed by atoms with Crippen molar-refractivity contribution in [2.45, 2.75) is 32.1 Å². The third-order valence-electron chi connectivity index (χ3n) is 3.02. The van der Waals surface area contributed by atoms with Gasteiger partial charge in [0, 0.05) is 23.7 Å². The van der Waals surface area contributed by atoms with Crippen molar-refractivity contribution in [1.82, 2.24) is 4.90 Å². The zero-order valence-electron chi connectivity index (χ0n) is 11.8. The summed E-state index contributed by atoms with van der Waals surface area (Å²) in [4.78, 5) is 14.0. The lowest BCUT2D eigenvalue weighted by Crippen LogP contribution is -2.32. The Labute approximate surface area is 124 Å². The van der Waals surface area contributed by atoms with Gasteiger partial charge >= 0.3 is 0 Å². The van der Waals surface area contributed by atoms with Crippen LogP contribution in [0.1, 0.15) is 36.2 Å². The zero-order valence-corrected chi connectivity index (χ0v) is 13.4. The molecule has 1 rings (SSSR count). The smallest absolute Gasteiger partial charge is 0.254 e. The average Bonchev–Trinajstić information content (AvgIpc) is 2.36. The van der Waals surface area contributed by atoms with Gasteiger partial charge in [-0.2, -0.15) is 0 Å². The van der Waals surface area contributed by atoms with Crippen LogP contribution in [0, 0.1) is 6.92 Å². The van der Waals surface area contributed by atoms with Crippen molar-refractivity contribution in [3.8, 4) is 0 Å². The number of rotatable bonds is 5. The van der Waals surface area contributed by atoms with Gasteiger partial charge in [-0.1, -0.05) is 18.5 Å². The number of carbonyl (C=O) groups excluding carboxylic acids is 1. The molecule has 0 saturated carbocycles. The molecule has 0 aliphatic carbocycles. The molecule has 1 aromatic rings. The SMILES string of the molecule is CCCN(CC)C(=O)c1cc(Cl)cc(S(N)(=O)=O)c1C. The molecule has 0 aromatic heterocycles. The molecule has 0 fully saturated rings. The molecule has 0 aliphatic heterocycles. The van der Waals surface area contributed by atoms with Crippen LogP contribution in [0.15, 0.2) is 17.0 Å². The van der Waals surface area contributed by atoms with E-state index in [1.807, 2.05) is 13.8 Å².